The zero-order valence-electron chi connectivity index (χ0n) is 6.45. The first-order chi connectivity index (χ1) is 5.00. The van der Waals surface area contributed by atoms with E-state index in [2.05, 4.69) is 5.32 Å². The Balaban J connectivity index is 2.24. The molecule has 2 N–H and O–H groups in total. The fraction of sp³-hybridized carbons (Fsp3) is 1.00. The third-order valence-electron chi connectivity index (χ3n) is 1.84. The van der Waals surface area contributed by atoms with Crippen LogP contribution in [0.5, 0.6) is 0 Å². The molecule has 1 saturated carbocycles. The molecule has 1 atom stereocenters. The molecule has 1 fully saturated rings. The van der Waals surface area contributed by atoms with Gasteiger partial charge in [0.25, 0.3) is 10.1 Å². The van der Waals surface area contributed by atoms with E-state index in [1.807, 2.05) is 0 Å². The average Bonchev–Trinajstić information content (AvgIpc) is 2.62. The average molecular weight is 179 g/mol. The Kier molecular flexibility index (Phi) is 2.51. The van der Waals surface area contributed by atoms with E-state index < -0.39 is 15.5 Å². The third kappa shape index (κ3) is 3.18. The van der Waals surface area contributed by atoms with E-state index in [1.54, 1.807) is 0 Å². The van der Waals surface area contributed by atoms with Crippen LogP contribution < -0.4 is 5.32 Å². The van der Waals surface area contributed by atoms with Crippen LogP contribution in [-0.2, 0) is 10.1 Å². The van der Waals surface area contributed by atoms with Gasteiger partial charge in [0.1, 0.15) is 5.37 Å². The Bertz CT molecular complexity index is 220. The zero-order valence-corrected chi connectivity index (χ0v) is 7.26. The molecule has 0 bridgehead atoms. The lowest BCUT2D eigenvalue weighted by atomic mass is 10.4. The fourth-order valence-electron chi connectivity index (χ4n) is 0.760. The summed E-state index contributed by atoms with van der Waals surface area (Å²) in [5.74, 6) is 0.624. The SMILES string of the molecule is CC(NCC1CC1)S(=O)(=O)O. The third-order valence-corrected chi connectivity index (χ3v) is 2.90. The quantitative estimate of drug-likeness (QED) is 0.606. The van der Waals surface area contributed by atoms with E-state index in [9.17, 15) is 8.42 Å². The molecule has 0 radical (unpaired) electrons. The molecule has 0 spiro atoms. The lowest BCUT2D eigenvalue weighted by Gasteiger charge is -2.08. The van der Waals surface area contributed by atoms with Gasteiger partial charge in [-0.15, -0.1) is 0 Å². The minimum absolute atomic E-state index is 0.624. The molecule has 1 aliphatic carbocycles. The Labute approximate surface area is 66.7 Å². The first-order valence-electron chi connectivity index (χ1n) is 3.70. The van der Waals surface area contributed by atoms with Crippen LogP contribution in [0.3, 0.4) is 0 Å². The smallest absolute Gasteiger partial charge is 0.280 e. The molecule has 1 aliphatic rings. The number of nitrogens with one attached hydrogen (secondary N) is 1. The second-order valence-corrected chi connectivity index (χ2v) is 4.75. The number of hydrogen-bond donors (Lipinski definition) is 2. The van der Waals surface area contributed by atoms with Crippen molar-refractivity contribution in [2.45, 2.75) is 25.1 Å². The summed E-state index contributed by atoms with van der Waals surface area (Å²) in [4.78, 5) is 0. The summed E-state index contributed by atoms with van der Waals surface area (Å²) in [6.07, 6.45) is 2.34. The molecular weight excluding hydrogens is 166 g/mol. The highest BCUT2D eigenvalue weighted by atomic mass is 32.2. The molecule has 0 aromatic carbocycles. The van der Waals surface area contributed by atoms with Crippen LogP contribution in [0.1, 0.15) is 19.8 Å². The molecular formula is C6H13NO3S. The van der Waals surface area contributed by atoms with Crippen LogP contribution in [0.25, 0.3) is 0 Å². The molecule has 66 valence electrons. The van der Waals surface area contributed by atoms with Gasteiger partial charge in [0.05, 0.1) is 0 Å². The van der Waals surface area contributed by atoms with E-state index in [0.717, 1.165) is 0 Å². The monoisotopic (exact) mass is 179 g/mol. The van der Waals surface area contributed by atoms with Crippen molar-refractivity contribution >= 4 is 10.1 Å². The van der Waals surface area contributed by atoms with Crippen molar-refractivity contribution in [1.82, 2.24) is 5.32 Å². The Morgan fingerprint density at radius 2 is 2.18 bits per heavy atom. The van der Waals surface area contributed by atoms with E-state index >= 15 is 0 Å². The fourth-order valence-corrected chi connectivity index (χ4v) is 1.07. The van der Waals surface area contributed by atoms with Crippen molar-refractivity contribution in [1.29, 1.82) is 0 Å². The summed E-state index contributed by atoms with van der Waals surface area (Å²) in [6, 6.07) is 0. The second-order valence-electron chi connectivity index (χ2n) is 3.01. The Morgan fingerprint density at radius 1 is 1.64 bits per heavy atom. The minimum atomic E-state index is -3.88. The van der Waals surface area contributed by atoms with Crippen molar-refractivity contribution in [3.63, 3.8) is 0 Å². The lowest BCUT2D eigenvalue weighted by molar-refractivity contribution is 0.453. The summed E-state index contributed by atoms with van der Waals surface area (Å²) < 4.78 is 29.4. The molecule has 1 unspecified atom stereocenters. The standard InChI is InChI=1S/C6H13NO3S/c1-5(11(8,9)10)7-4-6-2-3-6/h5-7H,2-4H2,1H3,(H,8,9,10). The van der Waals surface area contributed by atoms with Gasteiger partial charge in [0.15, 0.2) is 0 Å². The van der Waals surface area contributed by atoms with Gasteiger partial charge in [-0.25, -0.2) is 0 Å². The summed E-state index contributed by atoms with van der Waals surface area (Å²) in [5.41, 5.74) is 0. The molecule has 1 rings (SSSR count). The second kappa shape index (κ2) is 3.08. The summed E-state index contributed by atoms with van der Waals surface area (Å²) in [6.45, 7) is 2.14. The Morgan fingerprint density at radius 3 is 2.55 bits per heavy atom. The molecule has 4 nitrogen and oxygen atoms in total. The minimum Gasteiger partial charge on any atom is -0.299 e. The highest BCUT2D eigenvalue weighted by Crippen LogP contribution is 2.27. The van der Waals surface area contributed by atoms with E-state index in [0.29, 0.717) is 12.5 Å². The zero-order chi connectivity index (χ0) is 8.48. The van der Waals surface area contributed by atoms with Gasteiger partial charge < -0.3 is 0 Å². The molecule has 0 aromatic rings. The first kappa shape index (κ1) is 8.96. The van der Waals surface area contributed by atoms with Gasteiger partial charge in [-0.2, -0.15) is 8.42 Å². The van der Waals surface area contributed by atoms with Gasteiger partial charge in [0, 0.05) is 0 Å². The maximum atomic E-state index is 10.5. The van der Waals surface area contributed by atoms with Crippen molar-refractivity contribution in [2.75, 3.05) is 6.54 Å². The lowest BCUT2D eigenvalue weighted by Crippen LogP contribution is -2.34. The highest BCUT2D eigenvalue weighted by Gasteiger charge is 2.24. The maximum absolute atomic E-state index is 10.5. The van der Waals surface area contributed by atoms with Crippen LogP contribution in [-0.4, -0.2) is 24.9 Å². The van der Waals surface area contributed by atoms with Gasteiger partial charge in [-0.1, -0.05) is 0 Å². The largest absolute Gasteiger partial charge is 0.299 e. The molecule has 0 aliphatic heterocycles. The van der Waals surface area contributed by atoms with Crippen molar-refractivity contribution in [3.05, 3.63) is 0 Å². The van der Waals surface area contributed by atoms with E-state index in [-0.39, 0.29) is 0 Å². The predicted molar refractivity (Wildman–Crippen MR) is 41.7 cm³/mol. The molecule has 0 heterocycles. The van der Waals surface area contributed by atoms with Crippen LogP contribution in [0.2, 0.25) is 0 Å². The first-order valence-corrected chi connectivity index (χ1v) is 5.20. The van der Waals surface area contributed by atoms with Crippen LogP contribution in [0.15, 0.2) is 0 Å². The summed E-state index contributed by atoms with van der Waals surface area (Å²) in [5, 5.41) is 1.92. The van der Waals surface area contributed by atoms with E-state index in [4.69, 9.17) is 4.55 Å². The Hall–Kier alpha value is -0.130. The molecule has 11 heavy (non-hydrogen) atoms. The maximum Gasteiger partial charge on any atom is 0.280 e. The normalized spacial score (nSPS) is 21.6. The van der Waals surface area contributed by atoms with Crippen molar-refractivity contribution in [2.24, 2.45) is 5.92 Å². The molecule has 5 heteroatoms. The van der Waals surface area contributed by atoms with Crippen LogP contribution in [0.4, 0.5) is 0 Å². The highest BCUT2D eigenvalue weighted by molar-refractivity contribution is 7.86. The van der Waals surface area contributed by atoms with Gasteiger partial charge in [-0.05, 0) is 32.2 Å². The molecule has 0 saturated heterocycles. The topological polar surface area (TPSA) is 66.4 Å². The van der Waals surface area contributed by atoms with E-state index in [1.165, 1.54) is 19.8 Å². The number of rotatable bonds is 4. The van der Waals surface area contributed by atoms with Gasteiger partial charge in [-0.3, -0.25) is 9.87 Å². The van der Waals surface area contributed by atoms with Gasteiger partial charge >= 0.3 is 0 Å². The van der Waals surface area contributed by atoms with Crippen molar-refractivity contribution < 1.29 is 13.0 Å². The van der Waals surface area contributed by atoms with Gasteiger partial charge in [0.2, 0.25) is 0 Å². The van der Waals surface area contributed by atoms with Crippen LogP contribution in [0, 0.1) is 5.92 Å². The molecule has 0 aromatic heterocycles. The summed E-state index contributed by atoms with van der Waals surface area (Å²) in [7, 11) is -3.88. The predicted octanol–water partition coefficient (Wildman–Crippen LogP) is 0.220. The number of hydrogen-bond acceptors (Lipinski definition) is 3. The van der Waals surface area contributed by atoms with Crippen LogP contribution >= 0.6 is 0 Å². The summed E-state index contributed by atoms with van der Waals surface area (Å²) >= 11 is 0. The van der Waals surface area contributed by atoms with Crippen molar-refractivity contribution in [3.8, 4) is 0 Å². The molecule has 0 amide bonds.